The van der Waals surface area contributed by atoms with Crippen molar-refractivity contribution in [3.05, 3.63) is 84.1 Å². The summed E-state index contributed by atoms with van der Waals surface area (Å²) in [6, 6.07) is 16.5. The van der Waals surface area contributed by atoms with E-state index in [2.05, 4.69) is 21.9 Å². The van der Waals surface area contributed by atoms with Crippen LogP contribution in [0, 0.1) is 0 Å². The fourth-order valence-electron chi connectivity index (χ4n) is 4.10. The number of rotatable bonds is 6. The molecule has 5 rings (SSSR count). The molecular formula is C24H22N6O3. The lowest BCUT2D eigenvalue weighted by molar-refractivity contribution is -0.117. The number of aromatic nitrogens is 4. The highest BCUT2D eigenvalue weighted by molar-refractivity contribution is 5.87. The zero-order valence-corrected chi connectivity index (χ0v) is 17.7. The van der Waals surface area contributed by atoms with Gasteiger partial charge in [-0.1, -0.05) is 24.8 Å². The van der Waals surface area contributed by atoms with E-state index in [1.165, 1.54) is 17.0 Å². The van der Waals surface area contributed by atoms with Crippen molar-refractivity contribution in [1.29, 1.82) is 0 Å². The molecule has 9 nitrogen and oxygen atoms in total. The Kier molecular flexibility index (Phi) is 5.14. The van der Waals surface area contributed by atoms with Crippen molar-refractivity contribution in [3.8, 4) is 17.2 Å². The molecule has 2 heterocycles. The summed E-state index contributed by atoms with van der Waals surface area (Å²) in [5, 5.41) is 2.86. The third-order valence-electron chi connectivity index (χ3n) is 5.76. The number of nitrogens with zero attached hydrogens (tertiary/aromatic N) is 4. The molecule has 1 amide bonds. The van der Waals surface area contributed by atoms with Crippen LogP contribution in [-0.2, 0) is 4.79 Å². The topological polar surface area (TPSA) is 117 Å². The van der Waals surface area contributed by atoms with Crippen molar-refractivity contribution in [2.24, 2.45) is 0 Å². The summed E-state index contributed by atoms with van der Waals surface area (Å²) in [6.45, 7) is 3.47. The third kappa shape index (κ3) is 3.73. The third-order valence-corrected chi connectivity index (χ3v) is 5.76. The van der Waals surface area contributed by atoms with Crippen LogP contribution in [0.2, 0.25) is 0 Å². The minimum Gasteiger partial charge on any atom is -0.457 e. The van der Waals surface area contributed by atoms with E-state index in [9.17, 15) is 9.59 Å². The molecule has 0 bridgehead atoms. The summed E-state index contributed by atoms with van der Waals surface area (Å²) in [4.78, 5) is 33.5. The Labute approximate surface area is 189 Å². The summed E-state index contributed by atoms with van der Waals surface area (Å²) in [7, 11) is 0. The summed E-state index contributed by atoms with van der Waals surface area (Å²) in [6.07, 6.45) is 3.83. The lowest BCUT2D eigenvalue weighted by Gasteiger charge is -2.35. The van der Waals surface area contributed by atoms with E-state index in [4.69, 9.17) is 10.5 Å². The SMILES string of the molecule is C=CC(=O)NC1CC(n2c(=O)n(-c3ccc(Oc4ccccc4)cc3)c3c(N)ncnc32)C1. The molecule has 0 aliphatic heterocycles. The number of para-hydroxylation sites is 1. The van der Waals surface area contributed by atoms with Crippen molar-refractivity contribution >= 4 is 22.9 Å². The largest absolute Gasteiger partial charge is 0.457 e. The van der Waals surface area contributed by atoms with Crippen LogP contribution in [0.15, 0.2) is 78.4 Å². The Bertz CT molecular complexity index is 1390. The minimum absolute atomic E-state index is 0.0144. The smallest absolute Gasteiger partial charge is 0.335 e. The normalized spacial score (nSPS) is 17.3. The molecular weight excluding hydrogens is 420 g/mol. The maximum atomic E-state index is 13.5. The van der Waals surface area contributed by atoms with E-state index >= 15 is 0 Å². The van der Waals surface area contributed by atoms with Gasteiger partial charge in [-0.2, -0.15) is 0 Å². The van der Waals surface area contributed by atoms with Crippen molar-refractivity contribution in [2.45, 2.75) is 24.9 Å². The quantitative estimate of drug-likeness (QED) is 0.444. The number of ether oxygens (including phenoxy) is 1. The fraction of sp³-hybridized carbons (Fsp3) is 0.167. The number of anilines is 1. The second-order valence-corrected chi connectivity index (χ2v) is 7.86. The minimum atomic E-state index is -0.257. The molecule has 0 unspecified atom stereocenters. The van der Waals surface area contributed by atoms with Crippen LogP contribution in [-0.4, -0.2) is 31.1 Å². The summed E-state index contributed by atoms with van der Waals surface area (Å²) in [5.74, 6) is 1.36. The highest BCUT2D eigenvalue weighted by Crippen LogP contribution is 2.34. The lowest BCUT2D eigenvalue weighted by Crippen LogP contribution is -2.46. The number of nitrogens with two attached hydrogens (primary N) is 1. The van der Waals surface area contributed by atoms with Crippen LogP contribution >= 0.6 is 0 Å². The van der Waals surface area contributed by atoms with Crippen LogP contribution in [0.3, 0.4) is 0 Å². The molecule has 2 aromatic heterocycles. The molecule has 0 spiro atoms. The highest BCUT2D eigenvalue weighted by atomic mass is 16.5. The van der Waals surface area contributed by atoms with Gasteiger partial charge in [-0.05, 0) is 55.3 Å². The van der Waals surface area contributed by atoms with Gasteiger partial charge in [0.05, 0.1) is 5.69 Å². The molecule has 1 saturated carbocycles. The fourth-order valence-corrected chi connectivity index (χ4v) is 4.10. The van der Waals surface area contributed by atoms with Crippen LogP contribution in [0.4, 0.5) is 5.82 Å². The van der Waals surface area contributed by atoms with Crippen LogP contribution in [0.25, 0.3) is 16.9 Å². The van der Waals surface area contributed by atoms with Crippen molar-refractivity contribution in [1.82, 2.24) is 24.4 Å². The van der Waals surface area contributed by atoms with Crippen LogP contribution in [0.1, 0.15) is 18.9 Å². The van der Waals surface area contributed by atoms with Gasteiger partial charge in [0.1, 0.15) is 23.3 Å². The molecule has 1 aliphatic rings. The Morgan fingerprint density at radius 1 is 1.09 bits per heavy atom. The first kappa shape index (κ1) is 20.5. The van der Waals surface area contributed by atoms with Crippen LogP contribution in [0.5, 0.6) is 11.5 Å². The second-order valence-electron chi connectivity index (χ2n) is 7.86. The first-order valence-electron chi connectivity index (χ1n) is 10.5. The van der Waals surface area contributed by atoms with Crippen molar-refractivity contribution < 1.29 is 9.53 Å². The van der Waals surface area contributed by atoms with E-state index in [-0.39, 0.29) is 29.5 Å². The predicted molar refractivity (Wildman–Crippen MR) is 124 cm³/mol. The molecule has 33 heavy (non-hydrogen) atoms. The molecule has 1 aliphatic carbocycles. The number of amides is 1. The summed E-state index contributed by atoms with van der Waals surface area (Å²) in [5.41, 5.74) is 7.46. The van der Waals surface area contributed by atoms with Crippen LogP contribution < -0.4 is 21.5 Å². The van der Waals surface area contributed by atoms with Crippen molar-refractivity contribution in [2.75, 3.05) is 5.73 Å². The molecule has 4 aromatic rings. The molecule has 2 aromatic carbocycles. The zero-order chi connectivity index (χ0) is 22.9. The molecule has 3 N–H and O–H groups in total. The molecule has 0 saturated heterocycles. The highest BCUT2D eigenvalue weighted by Gasteiger charge is 2.35. The predicted octanol–water partition coefficient (Wildman–Crippen LogP) is 2.96. The average molecular weight is 442 g/mol. The molecule has 166 valence electrons. The van der Waals surface area contributed by atoms with Crippen molar-refractivity contribution in [3.63, 3.8) is 0 Å². The first-order chi connectivity index (χ1) is 16.0. The van der Waals surface area contributed by atoms with Gasteiger partial charge in [0, 0.05) is 12.1 Å². The number of nitrogen functional groups attached to an aromatic ring is 1. The number of hydrogen-bond donors (Lipinski definition) is 2. The van der Waals surface area contributed by atoms with Gasteiger partial charge in [0.2, 0.25) is 5.91 Å². The summed E-state index contributed by atoms with van der Waals surface area (Å²) < 4.78 is 9.01. The number of imidazole rings is 1. The van der Waals surface area contributed by atoms with Gasteiger partial charge in [0.25, 0.3) is 0 Å². The van der Waals surface area contributed by atoms with Gasteiger partial charge in [0.15, 0.2) is 11.5 Å². The first-order valence-corrected chi connectivity index (χ1v) is 10.5. The van der Waals surface area contributed by atoms with Gasteiger partial charge in [-0.25, -0.2) is 14.8 Å². The molecule has 0 radical (unpaired) electrons. The number of carbonyl (C=O) groups is 1. The molecule has 9 heteroatoms. The standard InChI is InChI=1S/C24H22N6O3/c1-2-20(31)28-15-12-17(13-15)30-23-21(22(25)26-14-27-23)29(24(30)32)16-8-10-19(11-9-16)33-18-6-4-3-5-7-18/h2-11,14-15,17H,1,12-13H2,(H,28,31)(H2,25,26,27). The van der Waals surface area contributed by atoms with E-state index in [1.807, 2.05) is 30.3 Å². The maximum absolute atomic E-state index is 13.5. The Morgan fingerprint density at radius 3 is 2.48 bits per heavy atom. The average Bonchev–Trinajstić information content (AvgIpc) is 3.10. The van der Waals surface area contributed by atoms with E-state index in [1.54, 1.807) is 28.8 Å². The number of carbonyl (C=O) groups excluding carboxylic acids is 1. The lowest BCUT2D eigenvalue weighted by atomic mass is 9.86. The van der Waals surface area contributed by atoms with Gasteiger partial charge in [-0.3, -0.25) is 13.9 Å². The van der Waals surface area contributed by atoms with Gasteiger partial charge in [-0.15, -0.1) is 0 Å². The number of nitrogens with one attached hydrogen (secondary N) is 1. The Hall–Kier alpha value is -4.40. The number of hydrogen-bond acceptors (Lipinski definition) is 6. The molecule has 1 fully saturated rings. The van der Waals surface area contributed by atoms with E-state index in [0.29, 0.717) is 35.4 Å². The summed E-state index contributed by atoms with van der Waals surface area (Å²) >= 11 is 0. The van der Waals surface area contributed by atoms with E-state index < -0.39 is 0 Å². The second kappa shape index (κ2) is 8.27. The number of fused-ring (bicyclic) bond motifs is 1. The van der Waals surface area contributed by atoms with Gasteiger partial charge >= 0.3 is 5.69 Å². The van der Waals surface area contributed by atoms with E-state index in [0.717, 1.165) is 5.75 Å². The maximum Gasteiger partial charge on any atom is 0.335 e. The monoisotopic (exact) mass is 442 g/mol. The van der Waals surface area contributed by atoms with Gasteiger partial charge < -0.3 is 15.8 Å². The molecule has 0 atom stereocenters. The zero-order valence-electron chi connectivity index (χ0n) is 17.7. The number of benzene rings is 2. The Morgan fingerprint density at radius 2 is 1.79 bits per heavy atom. The Balaban J connectivity index is 1.49.